The van der Waals surface area contributed by atoms with E-state index >= 15 is 0 Å². The Balaban J connectivity index is 0.710. The third-order valence-electron chi connectivity index (χ3n) is 12.8. The van der Waals surface area contributed by atoms with Gasteiger partial charge in [0, 0.05) is 69.3 Å². The number of carbonyl (C=O) groups is 5. The molecule has 4 fully saturated rings. The average Bonchev–Trinajstić information content (AvgIpc) is 3.91. The Bertz CT molecular complexity index is 2240. The van der Waals surface area contributed by atoms with Gasteiger partial charge >= 0.3 is 0 Å². The van der Waals surface area contributed by atoms with Crippen LogP contribution in [0.25, 0.3) is 11.0 Å². The van der Waals surface area contributed by atoms with Crippen LogP contribution in [-0.2, 0) is 16.1 Å². The first-order valence-corrected chi connectivity index (χ1v) is 20.7. The van der Waals surface area contributed by atoms with Crippen LogP contribution in [0.1, 0.15) is 88.8 Å². The molecule has 9 rings (SSSR count). The predicted octanol–water partition coefficient (Wildman–Crippen LogP) is 4.02. The average molecular weight is 787 g/mol. The number of amides is 5. The van der Waals surface area contributed by atoms with E-state index in [0.29, 0.717) is 34.3 Å². The van der Waals surface area contributed by atoms with Gasteiger partial charge in [0.2, 0.25) is 11.8 Å². The van der Waals surface area contributed by atoms with Gasteiger partial charge in [0.05, 0.1) is 34.3 Å². The summed E-state index contributed by atoms with van der Waals surface area (Å²) in [6.07, 6.45) is 7.57. The summed E-state index contributed by atoms with van der Waals surface area (Å²) in [6.45, 7) is 10.6. The van der Waals surface area contributed by atoms with Gasteiger partial charge in [0.15, 0.2) is 0 Å². The van der Waals surface area contributed by atoms with Gasteiger partial charge in [0.1, 0.15) is 17.7 Å². The van der Waals surface area contributed by atoms with Crippen LogP contribution in [0.5, 0.6) is 0 Å². The summed E-state index contributed by atoms with van der Waals surface area (Å²) in [6, 6.07) is 14.5. The molecule has 2 aromatic heterocycles. The number of pyridine rings is 1. The molecule has 0 spiro atoms. The summed E-state index contributed by atoms with van der Waals surface area (Å²) in [5, 5.41) is 5.26. The summed E-state index contributed by atoms with van der Waals surface area (Å²) in [5.74, 6) is 0.293. The SMILES string of the molecule is C[C@H]1CCCN1Cc1nc2cc(NC(=O)c3ccc(N4CCN(CCC5CCN(c6ccc7c(c6)C(=O)N(C6CCC(=O)NC6=O)C7=O)CC5)CC4)nc3)ccc2[nH]1. The highest BCUT2D eigenvalue weighted by molar-refractivity contribution is 6.23. The molecule has 15 heteroatoms. The highest BCUT2D eigenvalue weighted by Gasteiger charge is 2.45. The molecule has 4 aromatic rings. The number of rotatable bonds is 10. The molecule has 7 heterocycles. The van der Waals surface area contributed by atoms with Gasteiger partial charge in [-0.25, -0.2) is 9.97 Å². The second kappa shape index (κ2) is 15.9. The smallest absolute Gasteiger partial charge is 0.262 e. The van der Waals surface area contributed by atoms with Crippen molar-refractivity contribution < 1.29 is 24.0 Å². The quantitative estimate of drug-likeness (QED) is 0.199. The van der Waals surface area contributed by atoms with Crippen molar-refractivity contribution in [3.05, 3.63) is 77.2 Å². The number of nitrogens with one attached hydrogen (secondary N) is 3. The zero-order valence-corrected chi connectivity index (χ0v) is 32.9. The second-order valence-corrected chi connectivity index (χ2v) is 16.5. The Hall–Kier alpha value is -5.67. The Labute approximate surface area is 337 Å². The molecule has 0 saturated carbocycles. The van der Waals surface area contributed by atoms with Gasteiger partial charge in [-0.3, -0.25) is 44.0 Å². The number of piperazine rings is 1. The van der Waals surface area contributed by atoms with Crippen molar-refractivity contribution in [3.63, 3.8) is 0 Å². The van der Waals surface area contributed by atoms with Gasteiger partial charge in [-0.15, -0.1) is 0 Å². The van der Waals surface area contributed by atoms with Crippen LogP contribution in [-0.4, -0.2) is 124 Å². The number of piperidine rings is 2. The standard InChI is InChI=1S/C43H50N10O5/c1-27-3-2-15-52(27)26-37-46-34-8-5-30(23-35(34)47-37)45-40(55)29-4-10-38(44-25-29)51-21-19-49(20-22-51)16-12-28-13-17-50(18-14-28)31-6-7-32-33(24-31)43(58)53(42(32)57)36-9-11-39(54)48-41(36)56/h4-8,10,23-25,27-28,36H,2-3,9,11-22,26H2,1H3,(H,45,55)(H,46,47)(H,48,54,56)/t27-,36?/m0/s1. The lowest BCUT2D eigenvalue weighted by molar-refractivity contribution is -0.136. The fourth-order valence-electron chi connectivity index (χ4n) is 9.24. The van der Waals surface area contributed by atoms with Crippen LogP contribution in [0.15, 0.2) is 54.7 Å². The molecule has 5 amide bonds. The fourth-order valence-corrected chi connectivity index (χ4v) is 9.24. The van der Waals surface area contributed by atoms with Crippen LogP contribution < -0.4 is 20.4 Å². The molecule has 0 aliphatic carbocycles. The van der Waals surface area contributed by atoms with Crippen LogP contribution in [0.3, 0.4) is 0 Å². The number of aromatic amines is 1. The number of nitrogens with zero attached hydrogens (tertiary/aromatic N) is 7. The lowest BCUT2D eigenvalue weighted by Gasteiger charge is -2.37. The van der Waals surface area contributed by atoms with Crippen LogP contribution in [0.2, 0.25) is 0 Å². The Morgan fingerprint density at radius 1 is 0.845 bits per heavy atom. The first-order valence-electron chi connectivity index (χ1n) is 20.7. The molecule has 5 aliphatic heterocycles. The second-order valence-electron chi connectivity index (χ2n) is 16.5. The maximum atomic E-state index is 13.3. The number of carbonyl (C=O) groups excluding carboxylic acids is 5. The Morgan fingerprint density at radius 3 is 2.40 bits per heavy atom. The van der Waals surface area contributed by atoms with Gasteiger partial charge in [-0.05, 0) is 113 Å². The van der Waals surface area contributed by atoms with E-state index in [9.17, 15) is 24.0 Å². The molecular weight excluding hydrogens is 737 g/mol. The van der Waals surface area contributed by atoms with Crippen molar-refractivity contribution in [2.75, 3.05) is 67.5 Å². The Morgan fingerprint density at radius 2 is 1.66 bits per heavy atom. The number of likely N-dealkylation sites (tertiary alicyclic amines) is 1. The molecule has 3 N–H and O–H groups in total. The number of fused-ring (bicyclic) bond motifs is 2. The highest BCUT2D eigenvalue weighted by atomic mass is 16.2. The topological polar surface area (TPSA) is 167 Å². The van der Waals surface area contributed by atoms with Gasteiger partial charge in [-0.1, -0.05) is 0 Å². The summed E-state index contributed by atoms with van der Waals surface area (Å²) in [4.78, 5) is 87.0. The summed E-state index contributed by atoms with van der Waals surface area (Å²) >= 11 is 0. The van der Waals surface area contributed by atoms with Crippen LogP contribution in [0.4, 0.5) is 17.2 Å². The van der Waals surface area contributed by atoms with Crippen LogP contribution in [0, 0.1) is 5.92 Å². The zero-order chi connectivity index (χ0) is 39.9. The third kappa shape index (κ3) is 7.67. The molecule has 2 atom stereocenters. The van der Waals surface area contributed by atoms with E-state index in [-0.39, 0.29) is 24.7 Å². The largest absolute Gasteiger partial charge is 0.371 e. The first kappa shape index (κ1) is 37.9. The molecule has 58 heavy (non-hydrogen) atoms. The van der Waals surface area contributed by atoms with Crippen molar-refractivity contribution >= 4 is 57.8 Å². The van der Waals surface area contributed by atoms with Gasteiger partial charge < -0.3 is 20.1 Å². The summed E-state index contributed by atoms with van der Waals surface area (Å²) < 4.78 is 0. The van der Waals surface area contributed by atoms with Crippen molar-refractivity contribution in [3.8, 4) is 0 Å². The number of hydrogen-bond acceptors (Lipinski definition) is 11. The maximum Gasteiger partial charge on any atom is 0.262 e. The summed E-state index contributed by atoms with van der Waals surface area (Å²) in [7, 11) is 0. The molecule has 1 unspecified atom stereocenters. The molecule has 15 nitrogen and oxygen atoms in total. The number of imidazole rings is 1. The van der Waals surface area contributed by atoms with Crippen LogP contribution >= 0.6 is 0 Å². The lowest BCUT2D eigenvalue weighted by Crippen LogP contribution is -2.54. The molecule has 0 bridgehead atoms. The molecule has 5 aliphatic rings. The lowest BCUT2D eigenvalue weighted by atomic mass is 9.92. The minimum absolute atomic E-state index is 0.0985. The molecule has 302 valence electrons. The van der Waals surface area contributed by atoms with Gasteiger partial charge in [0.25, 0.3) is 17.7 Å². The highest BCUT2D eigenvalue weighted by Crippen LogP contribution is 2.33. The molecule has 0 radical (unpaired) electrons. The van der Waals surface area contributed by atoms with Crippen molar-refractivity contribution in [2.24, 2.45) is 5.92 Å². The monoisotopic (exact) mass is 786 g/mol. The number of H-pyrrole nitrogens is 1. The molecule has 2 aromatic carbocycles. The van der Waals surface area contributed by atoms with E-state index in [1.54, 1.807) is 18.3 Å². The van der Waals surface area contributed by atoms with Crippen molar-refractivity contribution in [1.29, 1.82) is 0 Å². The number of hydrogen-bond donors (Lipinski definition) is 3. The summed E-state index contributed by atoms with van der Waals surface area (Å²) in [5.41, 5.74) is 4.55. The minimum Gasteiger partial charge on any atom is -0.371 e. The zero-order valence-electron chi connectivity index (χ0n) is 32.9. The van der Waals surface area contributed by atoms with Gasteiger partial charge in [-0.2, -0.15) is 0 Å². The van der Waals surface area contributed by atoms with Crippen molar-refractivity contribution in [1.82, 2.24) is 35.0 Å². The molecule has 4 saturated heterocycles. The third-order valence-corrected chi connectivity index (χ3v) is 12.8. The maximum absolute atomic E-state index is 13.3. The normalized spacial score (nSPS) is 22.3. The van der Waals surface area contributed by atoms with E-state index in [1.165, 1.54) is 12.8 Å². The predicted molar refractivity (Wildman–Crippen MR) is 219 cm³/mol. The number of imide groups is 2. The minimum atomic E-state index is -0.964. The fraction of sp³-hybridized carbons (Fsp3) is 0.465. The van der Waals surface area contributed by atoms with E-state index in [2.05, 4.69) is 47.1 Å². The molecular formula is C43H50N10O5. The number of aromatic nitrogens is 3. The van der Waals surface area contributed by atoms with E-state index < -0.39 is 23.8 Å². The van der Waals surface area contributed by atoms with E-state index in [4.69, 9.17) is 4.98 Å². The van der Waals surface area contributed by atoms with Crippen molar-refractivity contribution in [2.45, 2.75) is 70.5 Å². The number of benzene rings is 2. The van der Waals surface area contributed by atoms with E-state index in [1.807, 2.05) is 36.4 Å². The van der Waals surface area contributed by atoms with E-state index in [0.717, 1.165) is 111 Å². The Kier molecular flexibility index (Phi) is 10.4. The number of anilines is 3. The first-order chi connectivity index (χ1) is 28.2.